The topological polar surface area (TPSA) is 26.3 Å². The third-order valence-electron chi connectivity index (χ3n) is 4.53. The molecule has 0 aromatic heterocycles. The maximum Gasteiger partial charge on any atom is 0.146 e. The first-order valence-electron chi connectivity index (χ1n) is 8.39. The van der Waals surface area contributed by atoms with Crippen LogP contribution in [0.1, 0.15) is 28.7 Å². The summed E-state index contributed by atoms with van der Waals surface area (Å²) in [7, 11) is 0. The molecule has 0 saturated heterocycles. The molecule has 0 aliphatic carbocycles. The van der Waals surface area contributed by atoms with Crippen LogP contribution in [0.2, 0.25) is 0 Å². The first kappa shape index (κ1) is 15.4. The van der Waals surface area contributed by atoms with Crippen molar-refractivity contribution in [3.8, 4) is 5.75 Å². The van der Waals surface area contributed by atoms with Crippen LogP contribution in [0, 0.1) is 0 Å². The molecule has 0 bridgehead atoms. The second kappa shape index (κ2) is 6.78. The number of rotatable bonds is 3. The molecule has 0 radical (unpaired) electrons. The lowest BCUT2D eigenvalue weighted by molar-refractivity contribution is -0.108. The van der Waals surface area contributed by atoms with Gasteiger partial charge in [0.15, 0.2) is 0 Å². The van der Waals surface area contributed by atoms with Crippen LogP contribution in [-0.4, -0.2) is 6.29 Å². The van der Waals surface area contributed by atoms with Crippen molar-refractivity contribution in [1.29, 1.82) is 0 Å². The highest BCUT2D eigenvalue weighted by molar-refractivity contribution is 5.76. The molecule has 1 heterocycles. The van der Waals surface area contributed by atoms with Crippen LogP contribution in [0.15, 0.2) is 90.5 Å². The zero-order chi connectivity index (χ0) is 17.1. The van der Waals surface area contributed by atoms with Gasteiger partial charge in [-0.3, -0.25) is 0 Å². The van der Waals surface area contributed by atoms with Crippen molar-refractivity contribution in [3.05, 3.63) is 107 Å². The van der Waals surface area contributed by atoms with Crippen LogP contribution in [0.25, 0.3) is 6.08 Å². The minimum absolute atomic E-state index is 0.272. The van der Waals surface area contributed by atoms with Crippen LogP contribution in [0.5, 0.6) is 5.75 Å². The van der Waals surface area contributed by atoms with E-state index in [9.17, 15) is 4.79 Å². The summed E-state index contributed by atoms with van der Waals surface area (Å²) < 4.78 is 6.31. The summed E-state index contributed by atoms with van der Waals surface area (Å²) in [5.41, 5.74) is 4.00. The van der Waals surface area contributed by atoms with Crippen LogP contribution in [0.4, 0.5) is 0 Å². The summed E-state index contributed by atoms with van der Waals surface area (Å²) in [5.74, 6) is 0.467. The standard InChI is InChI=1S/C23H18O2/c24-16-21-19-13-7-8-14-22(19)25-23(18-11-5-2-6-12-18)20(21)15-17-9-3-1-4-10-17/h1-16,21,23H. The lowest BCUT2D eigenvalue weighted by Crippen LogP contribution is -2.23. The number of benzene rings is 3. The van der Waals surface area contributed by atoms with Crippen molar-refractivity contribution in [3.63, 3.8) is 0 Å². The first-order valence-corrected chi connectivity index (χ1v) is 8.39. The summed E-state index contributed by atoms with van der Waals surface area (Å²) in [6.07, 6.45) is 2.82. The van der Waals surface area contributed by atoms with Gasteiger partial charge in [-0.1, -0.05) is 84.9 Å². The number of carbonyl (C=O) groups is 1. The van der Waals surface area contributed by atoms with E-state index in [1.807, 2.05) is 84.9 Å². The van der Waals surface area contributed by atoms with Crippen LogP contribution < -0.4 is 4.74 Å². The normalized spacial score (nSPS) is 20.6. The number of hydrogen-bond donors (Lipinski definition) is 0. The van der Waals surface area contributed by atoms with Gasteiger partial charge in [0.25, 0.3) is 0 Å². The highest BCUT2D eigenvalue weighted by Gasteiger charge is 2.33. The van der Waals surface area contributed by atoms with Gasteiger partial charge in [0.1, 0.15) is 18.1 Å². The third kappa shape index (κ3) is 2.99. The number of hydrogen-bond acceptors (Lipinski definition) is 2. The summed E-state index contributed by atoms with van der Waals surface area (Å²) >= 11 is 0. The molecule has 0 spiro atoms. The number of carbonyl (C=O) groups excluding carboxylic acids is 1. The number of para-hydroxylation sites is 1. The Morgan fingerprint density at radius 3 is 2.12 bits per heavy atom. The molecule has 2 nitrogen and oxygen atoms in total. The van der Waals surface area contributed by atoms with Crippen molar-refractivity contribution in [2.45, 2.75) is 12.0 Å². The molecule has 0 saturated carbocycles. The SMILES string of the molecule is O=CC1C(=Cc2ccccc2)C(c2ccccc2)Oc2ccccc21. The Kier molecular flexibility index (Phi) is 4.17. The van der Waals surface area contributed by atoms with Crippen molar-refractivity contribution in [2.24, 2.45) is 0 Å². The lowest BCUT2D eigenvalue weighted by Gasteiger charge is -2.33. The van der Waals surface area contributed by atoms with E-state index in [1.165, 1.54) is 0 Å². The molecule has 3 aromatic carbocycles. The van der Waals surface area contributed by atoms with E-state index in [4.69, 9.17) is 4.74 Å². The Morgan fingerprint density at radius 2 is 1.40 bits per heavy atom. The average molecular weight is 326 g/mol. The smallest absolute Gasteiger partial charge is 0.146 e. The highest BCUT2D eigenvalue weighted by atomic mass is 16.5. The predicted molar refractivity (Wildman–Crippen MR) is 99.5 cm³/mol. The quantitative estimate of drug-likeness (QED) is 0.619. The average Bonchev–Trinajstić information content (AvgIpc) is 2.69. The van der Waals surface area contributed by atoms with Gasteiger partial charge in [-0.15, -0.1) is 0 Å². The van der Waals surface area contributed by atoms with Gasteiger partial charge in [-0.25, -0.2) is 0 Å². The predicted octanol–water partition coefficient (Wildman–Crippen LogP) is 5.19. The van der Waals surface area contributed by atoms with Gasteiger partial charge in [-0.2, -0.15) is 0 Å². The fraction of sp³-hybridized carbons (Fsp3) is 0.0870. The maximum atomic E-state index is 12.0. The van der Waals surface area contributed by atoms with Crippen molar-refractivity contribution < 1.29 is 9.53 Å². The minimum atomic E-state index is -0.310. The summed E-state index contributed by atoms with van der Waals surface area (Å²) in [4.78, 5) is 12.0. The Bertz CT molecular complexity index is 898. The summed E-state index contributed by atoms with van der Waals surface area (Å²) in [5, 5.41) is 0. The fourth-order valence-corrected chi connectivity index (χ4v) is 3.33. The second-order valence-corrected chi connectivity index (χ2v) is 6.12. The Hall–Kier alpha value is -3.13. The second-order valence-electron chi connectivity index (χ2n) is 6.12. The molecule has 1 aliphatic heterocycles. The van der Waals surface area contributed by atoms with Crippen molar-refractivity contribution >= 4 is 12.4 Å². The molecule has 2 heteroatoms. The van der Waals surface area contributed by atoms with E-state index in [2.05, 4.69) is 6.08 Å². The van der Waals surface area contributed by atoms with Gasteiger partial charge < -0.3 is 9.53 Å². The van der Waals surface area contributed by atoms with Crippen LogP contribution in [-0.2, 0) is 4.79 Å². The molecule has 4 rings (SSSR count). The number of fused-ring (bicyclic) bond motifs is 1. The monoisotopic (exact) mass is 326 g/mol. The van der Waals surface area contributed by atoms with Gasteiger partial charge in [0.2, 0.25) is 0 Å². The van der Waals surface area contributed by atoms with E-state index in [0.29, 0.717) is 0 Å². The van der Waals surface area contributed by atoms with Gasteiger partial charge in [0.05, 0.1) is 5.92 Å². The Balaban J connectivity index is 1.89. The largest absolute Gasteiger partial charge is 0.481 e. The van der Waals surface area contributed by atoms with Gasteiger partial charge in [-0.05, 0) is 22.8 Å². The zero-order valence-electron chi connectivity index (χ0n) is 13.7. The first-order chi connectivity index (χ1) is 12.4. The van der Waals surface area contributed by atoms with Crippen LogP contribution in [0.3, 0.4) is 0 Å². The Labute approximate surface area is 147 Å². The molecule has 2 atom stereocenters. The summed E-state index contributed by atoms with van der Waals surface area (Å²) in [6.45, 7) is 0. The molecule has 122 valence electrons. The fourth-order valence-electron chi connectivity index (χ4n) is 3.33. The van der Waals surface area contributed by atoms with E-state index >= 15 is 0 Å². The van der Waals surface area contributed by atoms with E-state index in [1.54, 1.807) is 0 Å². The molecule has 0 N–H and O–H groups in total. The lowest BCUT2D eigenvalue weighted by atomic mass is 9.82. The third-order valence-corrected chi connectivity index (χ3v) is 4.53. The molecule has 0 amide bonds. The van der Waals surface area contributed by atoms with E-state index < -0.39 is 0 Å². The van der Waals surface area contributed by atoms with Crippen molar-refractivity contribution in [2.75, 3.05) is 0 Å². The zero-order valence-corrected chi connectivity index (χ0v) is 13.7. The molecule has 1 aliphatic rings. The highest BCUT2D eigenvalue weighted by Crippen LogP contribution is 2.45. The number of ether oxygens (including phenoxy) is 1. The molecule has 3 aromatic rings. The maximum absolute atomic E-state index is 12.0. The number of aldehydes is 1. The molecule has 2 unspecified atom stereocenters. The Morgan fingerprint density at radius 1 is 0.760 bits per heavy atom. The van der Waals surface area contributed by atoms with Crippen LogP contribution >= 0.6 is 0 Å². The molecular formula is C23H18O2. The molecule has 25 heavy (non-hydrogen) atoms. The molecule has 0 fully saturated rings. The summed E-state index contributed by atoms with van der Waals surface area (Å²) in [6, 6.07) is 27.9. The van der Waals surface area contributed by atoms with Gasteiger partial charge in [0, 0.05) is 5.56 Å². The van der Waals surface area contributed by atoms with E-state index in [-0.39, 0.29) is 12.0 Å². The van der Waals surface area contributed by atoms with Gasteiger partial charge >= 0.3 is 0 Å². The molecular weight excluding hydrogens is 308 g/mol. The minimum Gasteiger partial charge on any atom is -0.481 e. The van der Waals surface area contributed by atoms with Crippen molar-refractivity contribution in [1.82, 2.24) is 0 Å². The van der Waals surface area contributed by atoms with E-state index in [0.717, 1.165) is 34.3 Å².